The van der Waals surface area contributed by atoms with Gasteiger partial charge in [0.2, 0.25) is 0 Å². The summed E-state index contributed by atoms with van der Waals surface area (Å²) >= 11 is 0. The van der Waals surface area contributed by atoms with Gasteiger partial charge in [0.05, 0.1) is 20.8 Å². The predicted molar refractivity (Wildman–Crippen MR) is 109 cm³/mol. The van der Waals surface area contributed by atoms with E-state index in [-0.39, 0.29) is 0 Å². The van der Waals surface area contributed by atoms with Crippen LogP contribution in [0.4, 0.5) is 0 Å². The van der Waals surface area contributed by atoms with Crippen LogP contribution in [0.2, 0.25) is 0 Å². The molecule has 2 rings (SSSR count). The van der Waals surface area contributed by atoms with Crippen LogP contribution in [0.15, 0.2) is 53.5 Å². The van der Waals surface area contributed by atoms with E-state index in [1.165, 1.54) is 5.56 Å². The standard InChI is InChI=1S/C21H29N3O3/c1-22-21(23-13-7-15-27-18-8-5-4-6-9-18)24-14-12-17-10-11-19(25-2)20(16-17)26-3/h4-6,8-11,16H,7,12-15H2,1-3H3,(H2,22,23,24). The number of benzene rings is 2. The Bertz CT molecular complexity index is 705. The van der Waals surface area contributed by atoms with Gasteiger partial charge in [0.25, 0.3) is 0 Å². The zero-order chi connectivity index (χ0) is 19.3. The molecule has 0 unspecified atom stereocenters. The highest BCUT2D eigenvalue weighted by atomic mass is 16.5. The molecule has 6 nitrogen and oxygen atoms in total. The minimum atomic E-state index is 0.666. The minimum absolute atomic E-state index is 0.666. The topological polar surface area (TPSA) is 64.1 Å². The molecule has 146 valence electrons. The third kappa shape index (κ3) is 7.09. The lowest BCUT2D eigenvalue weighted by atomic mass is 10.1. The van der Waals surface area contributed by atoms with Crippen LogP contribution in [0, 0.1) is 0 Å². The zero-order valence-corrected chi connectivity index (χ0v) is 16.3. The second-order valence-electron chi connectivity index (χ2n) is 5.88. The summed E-state index contributed by atoms with van der Waals surface area (Å²) in [4.78, 5) is 4.25. The molecule has 6 heteroatoms. The number of aliphatic imine (C=N–C) groups is 1. The van der Waals surface area contributed by atoms with Gasteiger partial charge in [-0.1, -0.05) is 24.3 Å². The number of nitrogens with one attached hydrogen (secondary N) is 2. The van der Waals surface area contributed by atoms with Gasteiger partial charge in [0.1, 0.15) is 5.75 Å². The van der Waals surface area contributed by atoms with Crippen molar-refractivity contribution in [1.29, 1.82) is 0 Å². The molecule has 0 radical (unpaired) electrons. The Hall–Kier alpha value is -2.89. The lowest BCUT2D eigenvalue weighted by Crippen LogP contribution is -2.39. The summed E-state index contributed by atoms with van der Waals surface area (Å²) in [6.07, 6.45) is 1.75. The van der Waals surface area contributed by atoms with E-state index >= 15 is 0 Å². The van der Waals surface area contributed by atoms with Crippen molar-refractivity contribution in [3.63, 3.8) is 0 Å². The fraction of sp³-hybridized carbons (Fsp3) is 0.381. The van der Waals surface area contributed by atoms with Crippen LogP contribution in [0.3, 0.4) is 0 Å². The van der Waals surface area contributed by atoms with Gasteiger partial charge in [-0.3, -0.25) is 4.99 Å². The van der Waals surface area contributed by atoms with Gasteiger partial charge in [-0.15, -0.1) is 0 Å². The summed E-state index contributed by atoms with van der Waals surface area (Å²) in [7, 11) is 5.05. The lowest BCUT2D eigenvalue weighted by molar-refractivity contribution is 0.311. The zero-order valence-electron chi connectivity index (χ0n) is 16.3. The Morgan fingerprint density at radius 2 is 1.67 bits per heavy atom. The van der Waals surface area contributed by atoms with E-state index in [0.717, 1.165) is 49.1 Å². The smallest absolute Gasteiger partial charge is 0.190 e. The van der Waals surface area contributed by atoms with Gasteiger partial charge in [-0.25, -0.2) is 0 Å². The number of ether oxygens (including phenoxy) is 3. The first-order valence-electron chi connectivity index (χ1n) is 9.10. The number of para-hydroxylation sites is 1. The van der Waals surface area contributed by atoms with Crippen LogP contribution in [0.1, 0.15) is 12.0 Å². The molecule has 0 aliphatic rings. The SMILES string of the molecule is CN=C(NCCCOc1ccccc1)NCCc1ccc(OC)c(OC)c1. The number of hydrogen-bond donors (Lipinski definition) is 2. The molecule has 0 aromatic heterocycles. The van der Waals surface area contributed by atoms with E-state index in [0.29, 0.717) is 6.61 Å². The largest absolute Gasteiger partial charge is 0.494 e. The molecular formula is C21H29N3O3. The number of nitrogens with zero attached hydrogens (tertiary/aromatic N) is 1. The molecule has 0 saturated carbocycles. The maximum absolute atomic E-state index is 5.68. The van der Waals surface area contributed by atoms with E-state index in [4.69, 9.17) is 14.2 Å². The van der Waals surface area contributed by atoms with Crippen LogP contribution in [-0.4, -0.2) is 46.9 Å². The second-order valence-corrected chi connectivity index (χ2v) is 5.88. The first-order valence-corrected chi connectivity index (χ1v) is 9.10. The Morgan fingerprint density at radius 1 is 0.926 bits per heavy atom. The molecule has 2 aromatic carbocycles. The van der Waals surface area contributed by atoms with Gasteiger partial charge in [-0.05, 0) is 42.7 Å². The van der Waals surface area contributed by atoms with Gasteiger partial charge in [-0.2, -0.15) is 0 Å². The first-order chi connectivity index (χ1) is 13.3. The monoisotopic (exact) mass is 371 g/mol. The molecule has 2 aromatic rings. The van der Waals surface area contributed by atoms with Crippen molar-refractivity contribution in [2.45, 2.75) is 12.8 Å². The highest BCUT2D eigenvalue weighted by Gasteiger charge is 2.05. The molecule has 0 aliphatic heterocycles. The highest BCUT2D eigenvalue weighted by molar-refractivity contribution is 5.79. The first kappa shape index (κ1) is 20.4. The summed E-state index contributed by atoms with van der Waals surface area (Å²) in [5.41, 5.74) is 1.17. The van der Waals surface area contributed by atoms with E-state index in [9.17, 15) is 0 Å². The van der Waals surface area contributed by atoms with Crippen molar-refractivity contribution in [3.05, 3.63) is 54.1 Å². The Morgan fingerprint density at radius 3 is 2.37 bits per heavy atom. The van der Waals surface area contributed by atoms with Crippen LogP contribution in [-0.2, 0) is 6.42 Å². The third-order valence-electron chi connectivity index (χ3n) is 4.00. The molecule has 0 aliphatic carbocycles. The number of rotatable bonds is 10. The molecule has 0 saturated heterocycles. The molecule has 0 fully saturated rings. The maximum Gasteiger partial charge on any atom is 0.190 e. The van der Waals surface area contributed by atoms with E-state index in [1.54, 1.807) is 21.3 Å². The summed E-state index contributed by atoms with van der Waals surface area (Å²) in [6.45, 7) is 2.23. The molecule has 0 spiro atoms. The number of hydrogen-bond acceptors (Lipinski definition) is 4. The fourth-order valence-electron chi connectivity index (χ4n) is 2.57. The van der Waals surface area contributed by atoms with E-state index < -0.39 is 0 Å². The van der Waals surface area contributed by atoms with Crippen molar-refractivity contribution in [2.75, 3.05) is 41.0 Å². The summed E-state index contributed by atoms with van der Waals surface area (Å²) in [6, 6.07) is 15.8. The highest BCUT2D eigenvalue weighted by Crippen LogP contribution is 2.27. The maximum atomic E-state index is 5.68. The van der Waals surface area contributed by atoms with Gasteiger partial charge in [0, 0.05) is 20.1 Å². The normalized spacial score (nSPS) is 11.0. The van der Waals surface area contributed by atoms with Gasteiger partial charge < -0.3 is 24.8 Å². The average Bonchev–Trinajstić information content (AvgIpc) is 2.72. The summed E-state index contributed by atoms with van der Waals surface area (Å²) < 4.78 is 16.3. The Balaban J connectivity index is 1.65. The molecule has 0 heterocycles. The molecule has 2 N–H and O–H groups in total. The number of guanidine groups is 1. The summed E-state index contributed by atoms with van der Waals surface area (Å²) in [5, 5.41) is 6.62. The quantitative estimate of drug-likeness (QED) is 0.382. The molecule has 0 bridgehead atoms. The Labute approximate surface area is 161 Å². The lowest BCUT2D eigenvalue weighted by Gasteiger charge is -2.13. The fourth-order valence-corrected chi connectivity index (χ4v) is 2.57. The number of methoxy groups -OCH3 is 2. The van der Waals surface area contributed by atoms with Gasteiger partial charge >= 0.3 is 0 Å². The minimum Gasteiger partial charge on any atom is -0.494 e. The van der Waals surface area contributed by atoms with E-state index in [2.05, 4.69) is 15.6 Å². The molecule has 0 atom stereocenters. The van der Waals surface area contributed by atoms with Crippen molar-refractivity contribution in [2.24, 2.45) is 4.99 Å². The van der Waals surface area contributed by atoms with E-state index in [1.807, 2.05) is 48.5 Å². The average molecular weight is 371 g/mol. The van der Waals surface area contributed by atoms with Crippen LogP contribution < -0.4 is 24.8 Å². The van der Waals surface area contributed by atoms with Crippen molar-refractivity contribution < 1.29 is 14.2 Å². The second kappa shape index (κ2) is 11.7. The van der Waals surface area contributed by atoms with Crippen molar-refractivity contribution in [3.8, 4) is 17.2 Å². The van der Waals surface area contributed by atoms with Crippen molar-refractivity contribution in [1.82, 2.24) is 10.6 Å². The third-order valence-corrected chi connectivity index (χ3v) is 4.00. The predicted octanol–water partition coefficient (Wildman–Crippen LogP) is 2.88. The van der Waals surface area contributed by atoms with Gasteiger partial charge in [0.15, 0.2) is 17.5 Å². The Kier molecular flexibility index (Phi) is 8.83. The molecule has 0 amide bonds. The van der Waals surface area contributed by atoms with Crippen molar-refractivity contribution >= 4 is 5.96 Å². The van der Waals surface area contributed by atoms with Crippen LogP contribution in [0.25, 0.3) is 0 Å². The van der Waals surface area contributed by atoms with Crippen LogP contribution >= 0.6 is 0 Å². The van der Waals surface area contributed by atoms with Crippen LogP contribution in [0.5, 0.6) is 17.2 Å². The molecule has 27 heavy (non-hydrogen) atoms. The summed E-state index contributed by atoms with van der Waals surface area (Å²) in [5.74, 6) is 3.17. The molecular weight excluding hydrogens is 342 g/mol.